The highest BCUT2D eigenvalue weighted by Gasteiger charge is 2.24. The summed E-state index contributed by atoms with van der Waals surface area (Å²) in [5.41, 5.74) is 1.86. The van der Waals surface area contributed by atoms with E-state index in [0.29, 0.717) is 48.7 Å². The van der Waals surface area contributed by atoms with Crippen LogP contribution in [-0.4, -0.2) is 52.2 Å². The number of hydrogen-bond donors (Lipinski definition) is 1. The molecule has 0 radical (unpaired) electrons. The molecular formula is C19H19ClN6O2. The molecule has 0 saturated carbocycles. The van der Waals surface area contributed by atoms with Crippen LogP contribution in [0.15, 0.2) is 47.2 Å². The van der Waals surface area contributed by atoms with Crippen molar-refractivity contribution in [3.63, 3.8) is 0 Å². The van der Waals surface area contributed by atoms with E-state index in [9.17, 15) is 4.79 Å². The molecule has 1 amide bonds. The van der Waals surface area contributed by atoms with Crippen LogP contribution in [0.5, 0.6) is 0 Å². The third kappa shape index (κ3) is 3.91. The Morgan fingerprint density at radius 2 is 2.04 bits per heavy atom. The zero-order chi connectivity index (χ0) is 19.5. The van der Waals surface area contributed by atoms with Gasteiger partial charge in [0.05, 0.1) is 12.5 Å². The highest BCUT2D eigenvalue weighted by molar-refractivity contribution is 6.30. The molecule has 4 rings (SSSR count). The van der Waals surface area contributed by atoms with Crippen LogP contribution >= 0.6 is 11.6 Å². The van der Waals surface area contributed by atoms with Crippen LogP contribution < -0.4 is 10.2 Å². The van der Waals surface area contributed by atoms with E-state index in [1.807, 2.05) is 25.1 Å². The van der Waals surface area contributed by atoms with E-state index in [4.69, 9.17) is 16.0 Å². The summed E-state index contributed by atoms with van der Waals surface area (Å²) in [5, 5.41) is 12.0. The first-order valence-electron chi connectivity index (χ1n) is 8.91. The smallest absolute Gasteiger partial charge is 0.289 e. The monoisotopic (exact) mass is 398 g/mol. The Morgan fingerprint density at radius 3 is 2.75 bits per heavy atom. The predicted molar refractivity (Wildman–Crippen MR) is 106 cm³/mol. The minimum absolute atomic E-state index is 0.0916. The number of aromatic nitrogens is 3. The molecule has 1 saturated heterocycles. The Kier molecular flexibility index (Phi) is 5.12. The molecule has 2 aromatic heterocycles. The van der Waals surface area contributed by atoms with Gasteiger partial charge in [0.1, 0.15) is 0 Å². The lowest BCUT2D eigenvalue weighted by atomic mass is 10.2. The Labute approximate surface area is 167 Å². The number of hydrogen-bond acceptors (Lipinski definition) is 7. The fraction of sp³-hybridized carbons (Fsp3) is 0.263. The van der Waals surface area contributed by atoms with E-state index >= 15 is 0 Å². The van der Waals surface area contributed by atoms with Crippen molar-refractivity contribution in [1.82, 2.24) is 20.1 Å². The second-order valence-corrected chi connectivity index (χ2v) is 6.92. The van der Waals surface area contributed by atoms with Crippen LogP contribution in [0.2, 0.25) is 5.02 Å². The number of carbonyl (C=O) groups is 1. The number of amides is 1. The Hall–Kier alpha value is -3.13. The van der Waals surface area contributed by atoms with Gasteiger partial charge in [0.15, 0.2) is 11.6 Å². The zero-order valence-electron chi connectivity index (χ0n) is 15.3. The number of rotatable bonds is 4. The van der Waals surface area contributed by atoms with Crippen molar-refractivity contribution in [2.24, 2.45) is 0 Å². The standard InChI is InChI=1S/C19H19ClN6O2/c1-13-11-14(20)4-5-15(13)22-19-23-17(12-21-24-19)25-6-8-26(9-7-25)18(27)16-3-2-10-28-16/h2-5,10-12H,6-9H2,1H3,(H,22,23,24). The van der Waals surface area contributed by atoms with Gasteiger partial charge >= 0.3 is 0 Å². The van der Waals surface area contributed by atoms with E-state index in [-0.39, 0.29) is 5.91 Å². The number of benzene rings is 1. The number of halogens is 1. The molecule has 1 aromatic carbocycles. The molecule has 144 valence electrons. The number of piperazine rings is 1. The number of carbonyl (C=O) groups excluding carboxylic acids is 1. The lowest BCUT2D eigenvalue weighted by Gasteiger charge is -2.34. The van der Waals surface area contributed by atoms with Gasteiger partial charge in [0, 0.05) is 36.9 Å². The molecule has 9 heteroatoms. The quantitative estimate of drug-likeness (QED) is 0.722. The molecule has 8 nitrogen and oxygen atoms in total. The second-order valence-electron chi connectivity index (χ2n) is 6.48. The lowest BCUT2D eigenvalue weighted by Crippen LogP contribution is -2.49. The maximum atomic E-state index is 12.4. The van der Waals surface area contributed by atoms with E-state index in [0.717, 1.165) is 11.3 Å². The number of anilines is 3. The predicted octanol–water partition coefficient (Wildman–Crippen LogP) is 3.13. The van der Waals surface area contributed by atoms with Crippen LogP contribution in [0.1, 0.15) is 16.1 Å². The summed E-state index contributed by atoms with van der Waals surface area (Å²) < 4.78 is 5.20. The van der Waals surface area contributed by atoms with Crippen molar-refractivity contribution in [2.75, 3.05) is 36.4 Å². The summed E-state index contributed by atoms with van der Waals surface area (Å²) in [6, 6.07) is 8.96. The first-order chi connectivity index (χ1) is 13.6. The largest absolute Gasteiger partial charge is 0.459 e. The van der Waals surface area contributed by atoms with Crippen LogP contribution in [0.25, 0.3) is 0 Å². The second kappa shape index (κ2) is 7.85. The van der Waals surface area contributed by atoms with E-state index in [2.05, 4.69) is 25.4 Å². The van der Waals surface area contributed by atoms with E-state index in [1.165, 1.54) is 6.26 Å². The van der Waals surface area contributed by atoms with Gasteiger partial charge in [0.25, 0.3) is 5.91 Å². The zero-order valence-corrected chi connectivity index (χ0v) is 16.1. The van der Waals surface area contributed by atoms with Crippen LogP contribution in [0.3, 0.4) is 0 Å². The van der Waals surface area contributed by atoms with Gasteiger partial charge in [-0.3, -0.25) is 4.79 Å². The Morgan fingerprint density at radius 1 is 1.21 bits per heavy atom. The van der Waals surface area contributed by atoms with Crippen molar-refractivity contribution < 1.29 is 9.21 Å². The van der Waals surface area contributed by atoms with Crippen molar-refractivity contribution in [2.45, 2.75) is 6.92 Å². The Bertz CT molecular complexity index is 970. The van der Waals surface area contributed by atoms with Gasteiger partial charge in [-0.15, -0.1) is 5.10 Å². The minimum atomic E-state index is -0.0916. The number of furan rings is 1. The fourth-order valence-corrected chi connectivity index (χ4v) is 3.31. The van der Waals surface area contributed by atoms with Gasteiger partial charge in [-0.05, 0) is 42.8 Å². The average Bonchev–Trinajstić information content (AvgIpc) is 3.25. The molecule has 1 aliphatic heterocycles. The molecule has 0 atom stereocenters. The molecule has 1 aliphatic rings. The topological polar surface area (TPSA) is 87.4 Å². The summed E-state index contributed by atoms with van der Waals surface area (Å²) in [5.74, 6) is 1.40. The van der Waals surface area contributed by atoms with Crippen LogP contribution in [0, 0.1) is 6.92 Å². The highest BCUT2D eigenvalue weighted by Crippen LogP contribution is 2.23. The number of nitrogens with one attached hydrogen (secondary N) is 1. The molecule has 3 heterocycles. The summed E-state index contributed by atoms with van der Waals surface area (Å²) >= 11 is 6.00. The van der Waals surface area contributed by atoms with E-state index in [1.54, 1.807) is 23.2 Å². The Balaban J connectivity index is 1.42. The van der Waals surface area contributed by atoms with Gasteiger partial charge in [-0.2, -0.15) is 10.1 Å². The number of nitrogens with zero attached hydrogens (tertiary/aromatic N) is 5. The normalized spacial score (nSPS) is 14.2. The first-order valence-corrected chi connectivity index (χ1v) is 9.28. The molecule has 28 heavy (non-hydrogen) atoms. The summed E-state index contributed by atoms with van der Waals surface area (Å²) in [4.78, 5) is 20.8. The molecule has 0 bridgehead atoms. The third-order valence-electron chi connectivity index (χ3n) is 4.60. The summed E-state index contributed by atoms with van der Waals surface area (Å²) in [7, 11) is 0. The molecule has 0 spiro atoms. The average molecular weight is 399 g/mol. The molecule has 1 fully saturated rings. The third-order valence-corrected chi connectivity index (χ3v) is 4.84. The summed E-state index contributed by atoms with van der Waals surface area (Å²) in [6.07, 6.45) is 3.14. The molecule has 0 aliphatic carbocycles. The molecular weight excluding hydrogens is 380 g/mol. The minimum Gasteiger partial charge on any atom is -0.459 e. The molecule has 3 aromatic rings. The maximum Gasteiger partial charge on any atom is 0.289 e. The molecule has 1 N–H and O–H groups in total. The van der Waals surface area contributed by atoms with Gasteiger partial charge in [0.2, 0.25) is 5.95 Å². The fourth-order valence-electron chi connectivity index (χ4n) is 3.08. The van der Waals surface area contributed by atoms with Crippen molar-refractivity contribution >= 4 is 35.0 Å². The van der Waals surface area contributed by atoms with Gasteiger partial charge in [-0.25, -0.2) is 0 Å². The van der Waals surface area contributed by atoms with Crippen LogP contribution in [-0.2, 0) is 0 Å². The SMILES string of the molecule is Cc1cc(Cl)ccc1Nc1nncc(N2CCN(C(=O)c3ccco3)CC2)n1. The number of aryl methyl sites for hydroxylation is 1. The van der Waals surface area contributed by atoms with Gasteiger partial charge in [-0.1, -0.05) is 11.6 Å². The van der Waals surface area contributed by atoms with Crippen molar-refractivity contribution in [3.8, 4) is 0 Å². The highest BCUT2D eigenvalue weighted by atomic mass is 35.5. The maximum absolute atomic E-state index is 12.4. The van der Waals surface area contributed by atoms with E-state index < -0.39 is 0 Å². The molecule has 0 unspecified atom stereocenters. The van der Waals surface area contributed by atoms with Crippen LogP contribution in [0.4, 0.5) is 17.5 Å². The van der Waals surface area contributed by atoms with Crippen molar-refractivity contribution in [1.29, 1.82) is 0 Å². The van der Waals surface area contributed by atoms with Gasteiger partial charge < -0.3 is 19.5 Å². The van der Waals surface area contributed by atoms with Crippen molar-refractivity contribution in [3.05, 3.63) is 59.1 Å². The summed E-state index contributed by atoms with van der Waals surface area (Å²) in [6.45, 7) is 4.45. The first kappa shape index (κ1) is 18.2. The lowest BCUT2D eigenvalue weighted by molar-refractivity contribution is 0.0714.